The van der Waals surface area contributed by atoms with E-state index in [0.717, 1.165) is 31.2 Å². The van der Waals surface area contributed by atoms with E-state index in [4.69, 9.17) is 9.47 Å². The first-order chi connectivity index (χ1) is 9.30. The van der Waals surface area contributed by atoms with Gasteiger partial charge in [0.2, 0.25) is 0 Å². The van der Waals surface area contributed by atoms with Gasteiger partial charge in [0.15, 0.2) is 0 Å². The van der Waals surface area contributed by atoms with Crippen LogP contribution in [0.4, 0.5) is 8.78 Å². The summed E-state index contributed by atoms with van der Waals surface area (Å²) < 4.78 is 34.8. The molecule has 2 nitrogen and oxygen atoms in total. The third kappa shape index (κ3) is 6.41. The third-order valence-corrected chi connectivity index (χ3v) is 2.70. The highest BCUT2D eigenvalue weighted by Gasteiger charge is 2.04. The molecule has 0 unspecified atom stereocenters. The molecule has 0 N–H and O–H groups in total. The van der Waals surface area contributed by atoms with Crippen molar-refractivity contribution in [1.29, 1.82) is 0 Å². The molecule has 0 amide bonds. The Bertz CT molecular complexity index is 330. The van der Waals surface area contributed by atoms with Crippen LogP contribution in [0.1, 0.15) is 31.7 Å². The van der Waals surface area contributed by atoms with Crippen molar-refractivity contribution in [3.05, 3.63) is 23.8 Å². The van der Waals surface area contributed by atoms with E-state index in [1.165, 1.54) is 0 Å². The first kappa shape index (κ1) is 15.7. The van der Waals surface area contributed by atoms with Gasteiger partial charge in [0.25, 0.3) is 0 Å². The van der Waals surface area contributed by atoms with E-state index in [-0.39, 0.29) is 13.2 Å². The van der Waals surface area contributed by atoms with Gasteiger partial charge in [-0.25, -0.2) is 8.78 Å². The van der Waals surface area contributed by atoms with Crippen LogP contribution in [-0.4, -0.2) is 26.6 Å². The second kappa shape index (κ2) is 9.59. The van der Waals surface area contributed by atoms with Crippen molar-refractivity contribution in [1.82, 2.24) is 0 Å². The molecule has 0 fully saturated rings. The molecule has 108 valence electrons. The molecule has 0 heterocycles. The van der Waals surface area contributed by atoms with Crippen molar-refractivity contribution in [3.63, 3.8) is 0 Å². The minimum Gasteiger partial charge on any atom is -0.491 e. The predicted octanol–water partition coefficient (Wildman–Crippen LogP) is 4.12. The molecule has 4 heteroatoms. The molecule has 0 bridgehead atoms. The fourth-order valence-corrected chi connectivity index (χ4v) is 1.83. The second-order valence-corrected chi connectivity index (χ2v) is 4.34. The van der Waals surface area contributed by atoms with Gasteiger partial charge in [0.1, 0.15) is 38.1 Å². The maximum Gasteiger partial charge on any atom is 0.123 e. The first-order valence-corrected chi connectivity index (χ1v) is 6.81. The van der Waals surface area contributed by atoms with Gasteiger partial charge in [-0.3, -0.25) is 0 Å². The Morgan fingerprint density at radius 1 is 0.895 bits per heavy atom. The van der Waals surface area contributed by atoms with Crippen LogP contribution in [0.25, 0.3) is 0 Å². The number of halogens is 2. The number of hydrogen-bond donors (Lipinski definition) is 0. The lowest BCUT2D eigenvalue weighted by Gasteiger charge is -2.11. The maximum atomic E-state index is 12.1. The molecule has 19 heavy (non-hydrogen) atoms. The van der Waals surface area contributed by atoms with Gasteiger partial charge in [-0.1, -0.05) is 19.8 Å². The van der Waals surface area contributed by atoms with Crippen molar-refractivity contribution in [3.8, 4) is 11.5 Å². The van der Waals surface area contributed by atoms with Crippen molar-refractivity contribution >= 4 is 0 Å². The summed E-state index contributed by atoms with van der Waals surface area (Å²) in [6, 6.07) is 5.47. The van der Waals surface area contributed by atoms with Crippen LogP contribution in [0.3, 0.4) is 0 Å². The molecule has 0 aromatic heterocycles. The van der Waals surface area contributed by atoms with Gasteiger partial charge >= 0.3 is 0 Å². The van der Waals surface area contributed by atoms with E-state index in [0.29, 0.717) is 11.5 Å². The lowest BCUT2D eigenvalue weighted by molar-refractivity contribution is 0.261. The van der Waals surface area contributed by atoms with Crippen molar-refractivity contribution in [2.45, 2.75) is 32.6 Å². The van der Waals surface area contributed by atoms with Crippen molar-refractivity contribution < 1.29 is 18.3 Å². The SMILES string of the molecule is CCCCCc1cc(OCCF)cc(OCCF)c1. The number of hydrogen-bond acceptors (Lipinski definition) is 2. The van der Waals surface area contributed by atoms with Crippen LogP contribution in [-0.2, 0) is 6.42 Å². The Morgan fingerprint density at radius 3 is 1.95 bits per heavy atom. The molecular weight excluding hydrogens is 250 g/mol. The molecule has 1 aromatic rings. The molecule has 1 aromatic carbocycles. The van der Waals surface area contributed by atoms with Crippen LogP contribution in [0.15, 0.2) is 18.2 Å². The summed E-state index contributed by atoms with van der Waals surface area (Å²) in [6.45, 7) is 1.15. The Kier molecular flexibility index (Phi) is 7.94. The third-order valence-electron chi connectivity index (χ3n) is 2.70. The number of benzene rings is 1. The number of rotatable bonds is 10. The Hall–Kier alpha value is -1.32. The average Bonchev–Trinajstić information content (AvgIpc) is 2.43. The van der Waals surface area contributed by atoms with Crippen molar-refractivity contribution in [2.75, 3.05) is 26.6 Å². The number of ether oxygens (including phenoxy) is 2. The highest BCUT2D eigenvalue weighted by molar-refractivity contribution is 5.38. The Morgan fingerprint density at radius 2 is 1.47 bits per heavy atom. The quantitative estimate of drug-likeness (QED) is 0.597. The molecular formula is C15H22F2O2. The maximum absolute atomic E-state index is 12.1. The highest BCUT2D eigenvalue weighted by Crippen LogP contribution is 2.24. The van der Waals surface area contributed by atoms with Crippen molar-refractivity contribution in [2.24, 2.45) is 0 Å². The molecule has 0 atom stereocenters. The fourth-order valence-electron chi connectivity index (χ4n) is 1.83. The fraction of sp³-hybridized carbons (Fsp3) is 0.600. The normalized spacial score (nSPS) is 10.5. The lowest BCUT2D eigenvalue weighted by Crippen LogP contribution is -2.02. The van der Waals surface area contributed by atoms with Crippen LogP contribution in [0, 0.1) is 0 Å². The van der Waals surface area contributed by atoms with Gasteiger partial charge in [-0.05, 0) is 30.5 Å². The van der Waals surface area contributed by atoms with E-state index in [1.54, 1.807) is 6.07 Å². The second-order valence-electron chi connectivity index (χ2n) is 4.34. The van der Waals surface area contributed by atoms with Gasteiger partial charge < -0.3 is 9.47 Å². The summed E-state index contributed by atoms with van der Waals surface area (Å²) in [6.07, 6.45) is 4.33. The molecule has 0 aliphatic rings. The molecule has 0 radical (unpaired) electrons. The van der Waals surface area contributed by atoms with E-state index in [1.807, 2.05) is 12.1 Å². The Balaban J connectivity index is 2.70. The standard InChI is InChI=1S/C15H22F2O2/c1-2-3-4-5-13-10-14(18-8-6-16)12-15(11-13)19-9-7-17/h10-12H,2-9H2,1H3. The Labute approximate surface area is 113 Å². The lowest BCUT2D eigenvalue weighted by atomic mass is 10.1. The molecule has 0 spiro atoms. The summed E-state index contributed by atoms with van der Waals surface area (Å²) in [4.78, 5) is 0. The largest absolute Gasteiger partial charge is 0.491 e. The molecule has 0 saturated carbocycles. The zero-order valence-corrected chi connectivity index (χ0v) is 11.5. The van der Waals surface area contributed by atoms with E-state index >= 15 is 0 Å². The smallest absolute Gasteiger partial charge is 0.123 e. The summed E-state index contributed by atoms with van der Waals surface area (Å²) in [5.41, 5.74) is 1.08. The minimum absolute atomic E-state index is 0.0287. The van der Waals surface area contributed by atoms with E-state index in [9.17, 15) is 8.78 Å². The minimum atomic E-state index is -0.527. The zero-order chi connectivity index (χ0) is 13.9. The van der Waals surface area contributed by atoms with E-state index < -0.39 is 13.3 Å². The van der Waals surface area contributed by atoms with Gasteiger partial charge in [-0.15, -0.1) is 0 Å². The summed E-state index contributed by atoms with van der Waals surface area (Å²) in [7, 11) is 0. The summed E-state index contributed by atoms with van der Waals surface area (Å²) in [5.74, 6) is 1.17. The van der Waals surface area contributed by atoms with Crippen LogP contribution in [0.5, 0.6) is 11.5 Å². The monoisotopic (exact) mass is 272 g/mol. The number of aryl methyl sites for hydroxylation is 1. The molecule has 0 aliphatic heterocycles. The molecule has 0 aliphatic carbocycles. The summed E-state index contributed by atoms with van der Waals surface area (Å²) in [5, 5.41) is 0. The predicted molar refractivity (Wildman–Crippen MR) is 72.6 cm³/mol. The molecule has 0 saturated heterocycles. The van der Waals surface area contributed by atoms with Crippen LogP contribution < -0.4 is 9.47 Å². The zero-order valence-electron chi connectivity index (χ0n) is 11.5. The molecule has 1 rings (SSSR count). The van der Waals surface area contributed by atoms with Gasteiger partial charge in [0.05, 0.1) is 0 Å². The van der Waals surface area contributed by atoms with Crippen LogP contribution >= 0.6 is 0 Å². The topological polar surface area (TPSA) is 18.5 Å². The van der Waals surface area contributed by atoms with Gasteiger partial charge in [0, 0.05) is 6.07 Å². The highest BCUT2D eigenvalue weighted by atomic mass is 19.1. The first-order valence-electron chi connectivity index (χ1n) is 6.81. The summed E-state index contributed by atoms with van der Waals surface area (Å²) >= 11 is 0. The number of unbranched alkanes of at least 4 members (excludes halogenated alkanes) is 2. The average molecular weight is 272 g/mol. The van der Waals surface area contributed by atoms with Gasteiger partial charge in [-0.2, -0.15) is 0 Å². The number of alkyl halides is 2. The van der Waals surface area contributed by atoms with E-state index in [2.05, 4.69) is 6.92 Å². The van der Waals surface area contributed by atoms with Crippen LogP contribution in [0.2, 0.25) is 0 Å².